The van der Waals surface area contributed by atoms with E-state index in [9.17, 15) is 4.79 Å². The van der Waals surface area contributed by atoms with Gasteiger partial charge in [-0.1, -0.05) is 0 Å². The monoisotopic (exact) mass is 206 g/mol. The molecular formula is C12H18N2O. The van der Waals surface area contributed by atoms with E-state index in [1.807, 2.05) is 27.0 Å². The Balaban J connectivity index is 2.70. The highest BCUT2D eigenvalue weighted by molar-refractivity contribution is 5.33. The molecule has 3 heteroatoms. The maximum absolute atomic E-state index is 12.1. The van der Waals surface area contributed by atoms with E-state index in [0.29, 0.717) is 0 Å². The van der Waals surface area contributed by atoms with Gasteiger partial charge in [0.15, 0.2) is 0 Å². The fourth-order valence-corrected chi connectivity index (χ4v) is 2.29. The van der Waals surface area contributed by atoms with E-state index in [2.05, 4.69) is 0 Å². The van der Waals surface area contributed by atoms with Gasteiger partial charge < -0.3 is 10.3 Å². The average molecular weight is 206 g/mol. The first-order valence-corrected chi connectivity index (χ1v) is 5.42. The first kappa shape index (κ1) is 10.4. The lowest BCUT2D eigenvalue weighted by Gasteiger charge is -2.20. The number of aromatic nitrogens is 1. The Morgan fingerprint density at radius 2 is 2.07 bits per heavy atom. The molecule has 15 heavy (non-hydrogen) atoms. The molecule has 0 aliphatic heterocycles. The largest absolute Gasteiger partial charge is 0.322 e. The van der Waals surface area contributed by atoms with Crippen molar-refractivity contribution in [3.8, 4) is 0 Å². The Hall–Kier alpha value is -1.09. The van der Waals surface area contributed by atoms with E-state index in [-0.39, 0.29) is 5.56 Å². The van der Waals surface area contributed by atoms with Crippen molar-refractivity contribution < 1.29 is 0 Å². The highest BCUT2D eigenvalue weighted by atomic mass is 16.1. The molecule has 82 valence electrons. The van der Waals surface area contributed by atoms with Crippen LogP contribution in [0.1, 0.15) is 37.1 Å². The molecule has 0 saturated carbocycles. The van der Waals surface area contributed by atoms with Gasteiger partial charge in [-0.3, -0.25) is 4.79 Å². The zero-order chi connectivity index (χ0) is 11.2. The van der Waals surface area contributed by atoms with Crippen molar-refractivity contribution in [1.29, 1.82) is 0 Å². The SMILES string of the molecule is Cn1c2c(cc(C(C)(C)N)c1=O)CCC2. The highest BCUT2D eigenvalue weighted by Gasteiger charge is 2.23. The number of hydrogen-bond acceptors (Lipinski definition) is 2. The molecule has 1 aliphatic rings. The molecule has 2 rings (SSSR count). The predicted octanol–water partition coefficient (Wildman–Crippen LogP) is 1.07. The molecule has 0 aromatic carbocycles. The topological polar surface area (TPSA) is 48.0 Å². The van der Waals surface area contributed by atoms with E-state index in [1.54, 1.807) is 4.57 Å². The van der Waals surface area contributed by atoms with E-state index in [0.717, 1.165) is 24.8 Å². The first-order valence-electron chi connectivity index (χ1n) is 5.42. The Morgan fingerprint density at radius 1 is 1.40 bits per heavy atom. The third kappa shape index (κ3) is 1.61. The standard InChI is InChI=1S/C12H18N2O/c1-12(2,13)9-7-8-5-4-6-10(8)14(3)11(9)15/h7H,4-6,13H2,1-3H3. The van der Waals surface area contributed by atoms with Gasteiger partial charge in [0, 0.05) is 23.8 Å². The summed E-state index contributed by atoms with van der Waals surface area (Å²) in [4.78, 5) is 12.1. The van der Waals surface area contributed by atoms with Crippen LogP contribution in [-0.2, 0) is 25.4 Å². The van der Waals surface area contributed by atoms with Gasteiger partial charge in [-0.15, -0.1) is 0 Å². The average Bonchev–Trinajstić information content (AvgIpc) is 2.57. The fourth-order valence-electron chi connectivity index (χ4n) is 2.29. The molecule has 0 fully saturated rings. The molecule has 0 spiro atoms. The summed E-state index contributed by atoms with van der Waals surface area (Å²) in [5, 5.41) is 0. The van der Waals surface area contributed by atoms with Crippen LogP contribution in [0.4, 0.5) is 0 Å². The summed E-state index contributed by atoms with van der Waals surface area (Å²) in [5.74, 6) is 0. The number of nitrogens with two attached hydrogens (primary N) is 1. The van der Waals surface area contributed by atoms with Crippen molar-refractivity contribution >= 4 is 0 Å². The Labute approximate surface area is 89.9 Å². The number of aryl methyl sites for hydroxylation is 1. The van der Waals surface area contributed by atoms with Gasteiger partial charge in [-0.05, 0) is 44.7 Å². The minimum absolute atomic E-state index is 0.0585. The van der Waals surface area contributed by atoms with Crippen LogP contribution in [-0.4, -0.2) is 4.57 Å². The van der Waals surface area contributed by atoms with Crippen LogP contribution in [0.2, 0.25) is 0 Å². The van der Waals surface area contributed by atoms with Crippen molar-refractivity contribution in [3.05, 3.63) is 33.2 Å². The van der Waals surface area contributed by atoms with E-state index < -0.39 is 5.54 Å². The maximum atomic E-state index is 12.1. The summed E-state index contributed by atoms with van der Waals surface area (Å²) in [5.41, 5.74) is 8.73. The Bertz CT molecular complexity index is 452. The predicted molar refractivity (Wildman–Crippen MR) is 60.9 cm³/mol. The van der Waals surface area contributed by atoms with Crippen LogP contribution in [0.3, 0.4) is 0 Å². The van der Waals surface area contributed by atoms with Crippen molar-refractivity contribution in [2.24, 2.45) is 12.8 Å². The van der Waals surface area contributed by atoms with Crippen LogP contribution >= 0.6 is 0 Å². The molecule has 0 unspecified atom stereocenters. The quantitative estimate of drug-likeness (QED) is 0.747. The van der Waals surface area contributed by atoms with Gasteiger partial charge in [-0.25, -0.2) is 0 Å². The molecule has 0 atom stereocenters. The lowest BCUT2D eigenvalue weighted by Crippen LogP contribution is -2.38. The van der Waals surface area contributed by atoms with Crippen molar-refractivity contribution in [1.82, 2.24) is 4.57 Å². The number of nitrogens with zero attached hydrogens (tertiary/aromatic N) is 1. The van der Waals surface area contributed by atoms with E-state index >= 15 is 0 Å². The smallest absolute Gasteiger partial charge is 0.255 e. The van der Waals surface area contributed by atoms with Gasteiger partial charge in [0.1, 0.15) is 0 Å². The third-order valence-electron chi connectivity index (χ3n) is 3.18. The van der Waals surface area contributed by atoms with Gasteiger partial charge in [0.05, 0.1) is 0 Å². The molecule has 0 radical (unpaired) electrons. The lowest BCUT2D eigenvalue weighted by atomic mass is 9.95. The maximum Gasteiger partial charge on any atom is 0.255 e. The number of pyridine rings is 1. The van der Waals surface area contributed by atoms with E-state index in [4.69, 9.17) is 5.73 Å². The summed E-state index contributed by atoms with van der Waals surface area (Å²) in [7, 11) is 1.85. The van der Waals surface area contributed by atoms with Crippen molar-refractivity contribution in [2.45, 2.75) is 38.6 Å². The van der Waals surface area contributed by atoms with Gasteiger partial charge >= 0.3 is 0 Å². The molecule has 0 saturated heterocycles. The fraction of sp³-hybridized carbons (Fsp3) is 0.583. The number of hydrogen-bond donors (Lipinski definition) is 1. The zero-order valence-electron chi connectivity index (χ0n) is 9.63. The second-order valence-electron chi connectivity index (χ2n) is 4.97. The van der Waals surface area contributed by atoms with Crippen LogP contribution in [0.25, 0.3) is 0 Å². The van der Waals surface area contributed by atoms with Crippen molar-refractivity contribution in [3.63, 3.8) is 0 Å². The minimum atomic E-state index is -0.549. The Morgan fingerprint density at radius 3 is 2.67 bits per heavy atom. The van der Waals surface area contributed by atoms with Crippen LogP contribution < -0.4 is 11.3 Å². The molecule has 1 heterocycles. The molecule has 1 aromatic heterocycles. The van der Waals surface area contributed by atoms with Crippen LogP contribution in [0.5, 0.6) is 0 Å². The molecule has 0 bridgehead atoms. The van der Waals surface area contributed by atoms with Gasteiger partial charge in [0.25, 0.3) is 5.56 Å². The normalized spacial score (nSPS) is 15.5. The van der Waals surface area contributed by atoms with Gasteiger partial charge in [-0.2, -0.15) is 0 Å². The third-order valence-corrected chi connectivity index (χ3v) is 3.18. The summed E-state index contributed by atoms with van der Waals surface area (Å²) in [6.07, 6.45) is 3.25. The summed E-state index contributed by atoms with van der Waals surface area (Å²) in [6.45, 7) is 3.76. The van der Waals surface area contributed by atoms with Crippen LogP contribution in [0.15, 0.2) is 10.9 Å². The molecule has 3 nitrogen and oxygen atoms in total. The molecule has 0 amide bonds. The van der Waals surface area contributed by atoms with Crippen LogP contribution in [0, 0.1) is 0 Å². The minimum Gasteiger partial charge on any atom is -0.322 e. The molecule has 1 aliphatic carbocycles. The number of fused-ring (bicyclic) bond motifs is 1. The molecular weight excluding hydrogens is 188 g/mol. The summed E-state index contributed by atoms with van der Waals surface area (Å²) in [6, 6.07) is 2.00. The lowest BCUT2D eigenvalue weighted by molar-refractivity contribution is 0.538. The van der Waals surface area contributed by atoms with Gasteiger partial charge in [0.2, 0.25) is 0 Å². The summed E-state index contributed by atoms with van der Waals surface area (Å²) < 4.78 is 1.77. The first-order chi connectivity index (χ1) is 6.91. The zero-order valence-corrected chi connectivity index (χ0v) is 9.63. The number of rotatable bonds is 1. The van der Waals surface area contributed by atoms with E-state index in [1.165, 1.54) is 11.3 Å². The molecule has 1 aromatic rings. The summed E-state index contributed by atoms with van der Waals surface area (Å²) >= 11 is 0. The second kappa shape index (κ2) is 3.20. The second-order valence-corrected chi connectivity index (χ2v) is 4.97. The highest BCUT2D eigenvalue weighted by Crippen LogP contribution is 2.23. The Kier molecular flexibility index (Phi) is 2.23. The molecule has 2 N–H and O–H groups in total. The van der Waals surface area contributed by atoms with Crippen molar-refractivity contribution in [2.75, 3.05) is 0 Å².